The van der Waals surface area contributed by atoms with Crippen LogP contribution in [0.3, 0.4) is 0 Å². The molecule has 3 aliphatic carbocycles. The van der Waals surface area contributed by atoms with Gasteiger partial charge in [0.1, 0.15) is 0 Å². The fourth-order valence-corrected chi connectivity index (χ4v) is 13.9. The topological polar surface area (TPSA) is 0 Å². The second-order valence-electron chi connectivity index (χ2n) is 13.1. The molecule has 0 aromatic heterocycles. The van der Waals surface area contributed by atoms with E-state index in [-0.39, 0.29) is 30.2 Å². The van der Waals surface area contributed by atoms with Crippen LogP contribution in [-0.4, -0.2) is 8.80 Å². The van der Waals surface area contributed by atoms with Gasteiger partial charge in [-0.25, -0.2) is 0 Å². The van der Waals surface area contributed by atoms with Crippen molar-refractivity contribution in [2.45, 2.75) is 99.5 Å². The average molecular weight is 643 g/mol. The van der Waals surface area contributed by atoms with Gasteiger partial charge < -0.3 is 24.8 Å². The number of hydrogen-bond donors (Lipinski definition) is 0. The first kappa shape index (κ1) is 31.9. The molecule has 3 aliphatic rings. The molecule has 0 aliphatic heterocycles. The van der Waals surface area contributed by atoms with Crippen LogP contribution in [0, 0.1) is 0 Å². The molecule has 2 unspecified atom stereocenters. The van der Waals surface area contributed by atoms with Crippen LogP contribution in [0.5, 0.6) is 0 Å². The van der Waals surface area contributed by atoms with Crippen molar-refractivity contribution in [2.24, 2.45) is 0 Å². The van der Waals surface area contributed by atoms with Crippen LogP contribution < -0.4 is 24.8 Å². The average Bonchev–Trinajstić information content (AvgIpc) is 3.45. The number of hydrogen-bond acceptors (Lipinski definition) is 0. The summed E-state index contributed by atoms with van der Waals surface area (Å²) in [6.45, 7) is 21.7. The number of benzene rings is 2. The Labute approximate surface area is 257 Å². The van der Waals surface area contributed by atoms with Crippen LogP contribution >= 0.6 is 0 Å². The summed E-state index contributed by atoms with van der Waals surface area (Å²) >= 11 is -0.758. The van der Waals surface area contributed by atoms with Gasteiger partial charge in [-0.1, -0.05) is 0 Å². The van der Waals surface area contributed by atoms with Crippen molar-refractivity contribution in [2.75, 3.05) is 0 Å². The Hall–Kier alpha value is -0.660. The molecular formula is C34H44Cl2SiZr. The summed E-state index contributed by atoms with van der Waals surface area (Å²) in [4.78, 5) is 0. The van der Waals surface area contributed by atoms with E-state index in [1.165, 1.54) is 36.4 Å². The van der Waals surface area contributed by atoms with Gasteiger partial charge in [0.2, 0.25) is 0 Å². The zero-order valence-corrected chi connectivity index (χ0v) is 29.9. The van der Waals surface area contributed by atoms with E-state index in [0.29, 0.717) is 3.63 Å². The van der Waals surface area contributed by atoms with Gasteiger partial charge in [-0.15, -0.1) is 0 Å². The van der Waals surface area contributed by atoms with Crippen LogP contribution in [0.25, 0.3) is 17.2 Å². The largest absolute Gasteiger partial charge is 1.00 e. The maximum absolute atomic E-state index is 2.66. The summed E-state index contributed by atoms with van der Waals surface area (Å²) in [5, 5.41) is 0. The van der Waals surface area contributed by atoms with Gasteiger partial charge >= 0.3 is 235 Å². The predicted molar refractivity (Wildman–Crippen MR) is 158 cm³/mol. The SMILES string of the molecule is CC1=Cc2c(cc3c(c2-c2ccc(C(C)(C)C)cc2)CCC3)[CH]1[Zr+2][CH]1C(C)=C(C)C(C)=C1C[SiH](C)C.[Cl-].[Cl-]. The molecule has 0 N–H and O–H groups in total. The summed E-state index contributed by atoms with van der Waals surface area (Å²) in [6.07, 6.45) is 6.41. The molecule has 0 saturated carbocycles. The molecule has 2 atom stereocenters. The number of allylic oxidation sites excluding steroid dienone is 5. The molecule has 2 aromatic rings. The first-order chi connectivity index (χ1) is 17.0. The molecule has 5 rings (SSSR count). The van der Waals surface area contributed by atoms with Crippen molar-refractivity contribution >= 4 is 14.9 Å². The van der Waals surface area contributed by atoms with E-state index < -0.39 is 32.0 Å². The fraction of sp³-hybridized carbons (Fsp3) is 0.471. The number of aryl methyl sites for hydroxylation is 1. The van der Waals surface area contributed by atoms with Gasteiger partial charge in [-0.05, 0) is 0 Å². The summed E-state index contributed by atoms with van der Waals surface area (Å²) in [5.41, 5.74) is 19.6. The Bertz CT molecular complexity index is 1310. The molecule has 0 fully saturated rings. The van der Waals surface area contributed by atoms with Crippen LogP contribution in [0.15, 0.2) is 58.2 Å². The minimum Gasteiger partial charge on any atom is -1.00 e. The van der Waals surface area contributed by atoms with E-state index in [0.717, 1.165) is 3.63 Å². The standard InChI is InChI=1S/C23H25.C11H19Si.2ClH.Zr/c1-15-12-18-14-17-6-5-7-20(17)22(21(18)13-15)16-8-10-19(11-9-16)23(2,3)4;1-8-6-11(7-12(4)5)10(3)9(8)2;;;/h8-14H,5-7H2,1-4H3;6,12H,7H2,1-5H3;2*1H;/q;;;;+2/p-2. The van der Waals surface area contributed by atoms with Crippen LogP contribution in [0.1, 0.15) is 86.3 Å². The number of halogens is 2. The molecule has 2 aromatic carbocycles. The van der Waals surface area contributed by atoms with Gasteiger partial charge in [0.25, 0.3) is 0 Å². The van der Waals surface area contributed by atoms with Crippen molar-refractivity contribution in [1.29, 1.82) is 0 Å². The van der Waals surface area contributed by atoms with Gasteiger partial charge in [-0.2, -0.15) is 0 Å². The van der Waals surface area contributed by atoms with E-state index in [9.17, 15) is 0 Å². The van der Waals surface area contributed by atoms with Gasteiger partial charge in [-0.3, -0.25) is 0 Å². The Morgan fingerprint density at radius 1 is 0.895 bits per heavy atom. The number of fused-ring (bicyclic) bond motifs is 2. The smallest absolute Gasteiger partial charge is 1.00 e. The Balaban J connectivity index is 0.00000200. The Morgan fingerprint density at radius 3 is 2.16 bits per heavy atom. The summed E-state index contributed by atoms with van der Waals surface area (Å²) < 4.78 is 1.51. The molecule has 0 saturated heterocycles. The summed E-state index contributed by atoms with van der Waals surface area (Å²) in [6, 6.07) is 13.6. The van der Waals surface area contributed by atoms with E-state index in [1.54, 1.807) is 50.1 Å². The molecule has 38 heavy (non-hydrogen) atoms. The van der Waals surface area contributed by atoms with Crippen molar-refractivity contribution < 1.29 is 48.0 Å². The fourth-order valence-electron chi connectivity index (χ4n) is 6.76. The molecule has 0 nitrogen and oxygen atoms in total. The van der Waals surface area contributed by atoms with E-state index in [2.05, 4.69) is 98.0 Å². The normalized spacial score (nSPS) is 20.2. The Morgan fingerprint density at radius 2 is 1.55 bits per heavy atom. The Kier molecular flexibility index (Phi) is 10.1. The van der Waals surface area contributed by atoms with Crippen molar-refractivity contribution in [3.05, 3.63) is 86.0 Å². The maximum Gasteiger partial charge on any atom is -1.00 e. The van der Waals surface area contributed by atoms with Crippen LogP contribution in [0.4, 0.5) is 0 Å². The molecular weight excluding hydrogens is 599 g/mol. The second-order valence-corrected chi connectivity index (χ2v) is 19.9. The molecule has 0 spiro atoms. The monoisotopic (exact) mass is 640 g/mol. The van der Waals surface area contributed by atoms with E-state index in [1.807, 2.05) is 5.57 Å². The molecule has 202 valence electrons. The van der Waals surface area contributed by atoms with Crippen LogP contribution in [0.2, 0.25) is 22.8 Å². The number of rotatable bonds is 5. The maximum atomic E-state index is 2.66. The molecule has 4 heteroatoms. The first-order valence-corrected chi connectivity index (χ1v) is 20.0. The van der Waals surface area contributed by atoms with Crippen molar-refractivity contribution in [1.82, 2.24) is 0 Å². The molecule has 0 radical (unpaired) electrons. The van der Waals surface area contributed by atoms with E-state index in [4.69, 9.17) is 0 Å². The van der Waals surface area contributed by atoms with Gasteiger partial charge in [0.05, 0.1) is 0 Å². The minimum absolute atomic E-state index is 0. The van der Waals surface area contributed by atoms with Crippen LogP contribution in [-0.2, 0) is 41.5 Å². The third-order valence-electron chi connectivity index (χ3n) is 9.03. The third-order valence-corrected chi connectivity index (χ3v) is 15.7. The molecule has 0 heterocycles. The van der Waals surface area contributed by atoms with Crippen molar-refractivity contribution in [3.63, 3.8) is 0 Å². The quantitative estimate of drug-likeness (QED) is 0.438. The third kappa shape index (κ3) is 5.72. The predicted octanol–water partition coefficient (Wildman–Crippen LogP) is 3.63. The molecule has 0 amide bonds. The summed E-state index contributed by atoms with van der Waals surface area (Å²) in [5.74, 6) is 0. The van der Waals surface area contributed by atoms with E-state index >= 15 is 0 Å². The zero-order chi connectivity index (χ0) is 25.9. The first-order valence-electron chi connectivity index (χ1n) is 14.1. The minimum atomic E-state index is -0.758. The van der Waals surface area contributed by atoms with Crippen molar-refractivity contribution in [3.8, 4) is 11.1 Å². The zero-order valence-electron chi connectivity index (χ0n) is 24.8. The second kappa shape index (κ2) is 12.1. The molecule has 0 bridgehead atoms. The van der Waals surface area contributed by atoms with Gasteiger partial charge in [0.15, 0.2) is 0 Å². The summed E-state index contributed by atoms with van der Waals surface area (Å²) in [7, 11) is -0.635. The van der Waals surface area contributed by atoms with Gasteiger partial charge in [0, 0.05) is 0 Å².